The maximum absolute atomic E-state index is 12.9. The van der Waals surface area contributed by atoms with Gasteiger partial charge in [0.2, 0.25) is 11.8 Å². The minimum absolute atomic E-state index is 0.117. The largest absolute Gasteiger partial charge is 0.452 e. The Bertz CT molecular complexity index is 982. The molecule has 1 aromatic heterocycles. The number of hydrogen-bond donors (Lipinski definition) is 4. The summed E-state index contributed by atoms with van der Waals surface area (Å²) in [5, 5.41) is 7.15. The van der Waals surface area contributed by atoms with Gasteiger partial charge in [0, 0.05) is 20.2 Å². The Kier molecular flexibility index (Phi) is 10.2. The van der Waals surface area contributed by atoms with Crippen LogP contribution in [0.3, 0.4) is 0 Å². The number of nitrogens with one attached hydrogen (secondary N) is 3. The van der Waals surface area contributed by atoms with Gasteiger partial charge in [-0.1, -0.05) is 0 Å². The van der Waals surface area contributed by atoms with Gasteiger partial charge < -0.3 is 35.7 Å². The summed E-state index contributed by atoms with van der Waals surface area (Å²) < 4.78 is 11.2. The summed E-state index contributed by atoms with van der Waals surface area (Å²) in [5.74, 6) is -2.84. The predicted octanol–water partition coefficient (Wildman–Crippen LogP) is -0.377. The molecule has 1 aromatic rings. The van der Waals surface area contributed by atoms with Gasteiger partial charge in [0.25, 0.3) is 11.5 Å². The van der Waals surface area contributed by atoms with Crippen LogP contribution in [0.15, 0.2) is 23.1 Å². The molecule has 0 saturated carbocycles. The average Bonchev–Trinajstić information content (AvgIpc) is 2.70. The van der Waals surface area contributed by atoms with Crippen molar-refractivity contribution in [2.45, 2.75) is 64.8 Å². The number of aromatic nitrogens is 1. The summed E-state index contributed by atoms with van der Waals surface area (Å²) in [6.45, 7) is 5.64. The van der Waals surface area contributed by atoms with Crippen LogP contribution in [-0.2, 0) is 35.2 Å². The summed E-state index contributed by atoms with van der Waals surface area (Å²) >= 11 is 0. The summed E-state index contributed by atoms with van der Waals surface area (Å²) in [7, 11) is 1.36. The first kappa shape index (κ1) is 28.1. The van der Waals surface area contributed by atoms with Gasteiger partial charge in [-0.2, -0.15) is 0 Å². The number of carbonyl (C=O) groups excluding carboxylic acids is 5. The second-order valence-electron chi connectivity index (χ2n) is 8.30. The molecule has 13 heteroatoms. The van der Waals surface area contributed by atoms with Crippen LogP contribution in [-0.4, -0.2) is 59.1 Å². The number of esters is 1. The summed E-state index contributed by atoms with van der Waals surface area (Å²) in [6, 6.07) is 1.48. The van der Waals surface area contributed by atoms with Gasteiger partial charge >= 0.3 is 12.1 Å². The fourth-order valence-electron chi connectivity index (χ4n) is 2.79. The highest BCUT2D eigenvalue weighted by Gasteiger charge is 2.28. The summed E-state index contributed by atoms with van der Waals surface area (Å²) in [4.78, 5) is 72.2. The zero-order valence-corrected chi connectivity index (χ0v) is 19.8. The van der Waals surface area contributed by atoms with Gasteiger partial charge in [-0.3, -0.25) is 24.0 Å². The number of nitrogens with zero attached hydrogens (tertiary/aromatic N) is 1. The van der Waals surface area contributed by atoms with Gasteiger partial charge in [-0.15, -0.1) is 0 Å². The highest BCUT2D eigenvalue weighted by Crippen LogP contribution is 2.12. The molecule has 0 aromatic carbocycles. The predicted molar refractivity (Wildman–Crippen MR) is 121 cm³/mol. The molecule has 0 spiro atoms. The molecule has 188 valence electrons. The van der Waals surface area contributed by atoms with Gasteiger partial charge in [-0.05, 0) is 45.7 Å². The number of likely N-dealkylation sites (N-methyl/N-ethyl adjacent to an activating group) is 1. The molecule has 0 aliphatic rings. The first-order chi connectivity index (χ1) is 15.7. The van der Waals surface area contributed by atoms with Gasteiger partial charge in [0.15, 0.2) is 6.10 Å². The van der Waals surface area contributed by atoms with Crippen molar-refractivity contribution in [1.29, 1.82) is 0 Å². The maximum atomic E-state index is 12.9. The number of rotatable bonds is 10. The van der Waals surface area contributed by atoms with Crippen LogP contribution in [0.1, 0.15) is 40.5 Å². The normalized spacial score (nSPS) is 12.6. The highest BCUT2D eigenvalue weighted by atomic mass is 16.6. The first-order valence-electron chi connectivity index (χ1n) is 10.4. The lowest BCUT2D eigenvalue weighted by Crippen LogP contribution is -2.47. The van der Waals surface area contributed by atoms with Crippen molar-refractivity contribution in [3.63, 3.8) is 0 Å². The van der Waals surface area contributed by atoms with E-state index < -0.39 is 59.6 Å². The average molecular weight is 482 g/mol. The van der Waals surface area contributed by atoms with E-state index in [1.165, 1.54) is 25.4 Å². The topological polar surface area (TPSA) is 188 Å². The van der Waals surface area contributed by atoms with E-state index in [9.17, 15) is 28.8 Å². The third-order valence-electron chi connectivity index (χ3n) is 4.18. The maximum Gasteiger partial charge on any atom is 0.408 e. The number of amides is 4. The standard InChI is InChI=1S/C21H31N5O8/c1-12(27)33-15(18(30)23-5)9-8-13(25-20(32)34-21(2,3)4)17(29)24-14-7-6-10-26(19(14)31)11-16(22)28/h6-7,10,13,15H,8-9,11H2,1-5H3,(H2,22,28)(H,23,30)(H,24,29)(H,25,32)/t13-,15?/m0/s1. The van der Waals surface area contributed by atoms with Crippen LogP contribution in [0.25, 0.3) is 0 Å². The molecule has 1 heterocycles. The van der Waals surface area contributed by atoms with Crippen LogP contribution in [0, 0.1) is 0 Å². The lowest BCUT2D eigenvalue weighted by molar-refractivity contribution is -0.154. The number of hydrogen-bond acceptors (Lipinski definition) is 8. The number of nitrogens with two attached hydrogens (primary N) is 1. The van der Waals surface area contributed by atoms with Crippen molar-refractivity contribution in [2.24, 2.45) is 5.73 Å². The van der Waals surface area contributed by atoms with E-state index in [2.05, 4.69) is 16.0 Å². The lowest BCUT2D eigenvalue weighted by Gasteiger charge is -2.24. The van der Waals surface area contributed by atoms with E-state index in [0.29, 0.717) is 0 Å². The fraction of sp³-hybridized carbons (Fsp3) is 0.524. The van der Waals surface area contributed by atoms with Gasteiger partial charge in [0.05, 0.1) is 0 Å². The van der Waals surface area contributed by atoms with E-state index >= 15 is 0 Å². The van der Waals surface area contributed by atoms with Crippen molar-refractivity contribution in [3.8, 4) is 0 Å². The number of pyridine rings is 1. The second-order valence-corrected chi connectivity index (χ2v) is 8.30. The Morgan fingerprint density at radius 2 is 1.76 bits per heavy atom. The Labute approximate surface area is 196 Å². The number of alkyl carbamates (subject to hydrolysis) is 1. The minimum atomic E-state index is -1.26. The Morgan fingerprint density at radius 3 is 2.29 bits per heavy atom. The Morgan fingerprint density at radius 1 is 1.12 bits per heavy atom. The molecule has 0 aliphatic carbocycles. The van der Waals surface area contributed by atoms with Crippen LogP contribution >= 0.6 is 0 Å². The van der Waals surface area contributed by atoms with Gasteiger partial charge in [0.1, 0.15) is 23.9 Å². The van der Waals surface area contributed by atoms with Crippen molar-refractivity contribution in [3.05, 3.63) is 28.7 Å². The fourth-order valence-corrected chi connectivity index (χ4v) is 2.79. The summed E-state index contributed by atoms with van der Waals surface area (Å²) in [5.41, 5.74) is 3.42. The number of anilines is 1. The Balaban J connectivity index is 3.11. The molecule has 0 aliphatic heterocycles. The Hall–Kier alpha value is -3.90. The van der Waals surface area contributed by atoms with Crippen LogP contribution < -0.4 is 27.2 Å². The SMILES string of the molecule is CNC(=O)C(CC[C@H](NC(=O)OC(C)(C)C)C(=O)Nc1cccn(CC(N)=O)c1=O)OC(C)=O. The second kappa shape index (κ2) is 12.4. The van der Waals surface area contributed by atoms with Crippen LogP contribution in [0.2, 0.25) is 0 Å². The zero-order chi connectivity index (χ0) is 26.1. The molecule has 34 heavy (non-hydrogen) atoms. The van der Waals surface area contributed by atoms with E-state index in [1.807, 2.05) is 0 Å². The summed E-state index contributed by atoms with van der Waals surface area (Å²) in [6.07, 6.45) is -1.04. The molecule has 0 saturated heterocycles. The molecule has 0 bridgehead atoms. The smallest absolute Gasteiger partial charge is 0.408 e. The molecule has 1 rings (SSSR count). The number of carbonyl (C=O) groups is 5. The molecule has 0 fully saturated rings. The lowest BCUT2D eigenvalue weighted by atomic mass is 10.1. The van der Waals surface area contributed by atoms with E-state index in [4.69, 9.17) is 15.2 Å². The zero-order valence-electron chi connectivity index (χ0n) is 19.8. The quantitative estimate of drug-likeness (QED) is 0.325. The third-order valence-corrected chi connectivity index (χ3v) is 4.18. The molecule has 13 nitrogen and oxygen atoms in total. The molecule has 1 unspecified atom stereocenters. The minimum Gasteiger partial charge on any atom is -0.452 e. The molecular formula is C21H31N5O8. The van der Waals surface area contributed by atoms with Crippen molar-refractivity contribution >= 4 is 35.5 Å². The van der Waals surface area contributed by atoms with Gasteiger partial charge in [-0.25, -0.2) is 4.79 Å². The molecule has 2 atom stereocenters. The molecule has 4 amide bonds. The van der Waals surface area contributed by atoms with Crippen LogP contribution in [0.5, 0.6) is 0 Å². The van der Waals surface area contributed by atoms with E-state index in [0.717, 1.165) is 11.5 Å². The van der Waals surface area contributed by atoms with E-state index in [-0.39, 0.29) is 18.5 Å². The van der Waals surface area contributed by atoms with Crippen molar-refractivity contribution < 1.29 is 33.4 Å². The van der Waals surface area contributed by atoms with Crippen molar-refractivity contribution in [2.75, 3.05) is 12.4 Å². The molecular weight excluding hydrogens is 450 g/mol. The van der Waals surface area contributed by atoms with E-state index in [1.54, 1.807) is 20.8 Å². The third kappa shape index (κ3) is 9.71. The number of ether oxygens (including phenoxy) is 2. The first-order valence-corrected chi connectivity index (χ1v) is 10.4. The molecule has 0 radical (unpaired) electrons. The number of primary amides is 1. The van der Waals surface area contributed by atoms with Crippen LogP contribution in [0.4, 0.5) is 10.5 Å². The molecule has 5 N–H and O–H groups in total. The van der Waals surface area contributed by atoms with Crippen molar-refractivity contribution in [1.82, 2.24) is 15.2 Å². The monoisotopic (exact) mass is 481 g/mol. The highest BCUT2D eigenvalue weighted by molar-refractivity contribution is 5.96.